The van der Waals surface area contributed by atoms with Crippen molar-refractivity contribution in [2.24, 2.45) is 0 Å². The second-order valence-corrected chi connectivity index (χ2v) is 3.06. The Bertz CT molecular complexity index is 119. The molecule has 1 fully saturated rings. The molecule has 0 spiro atoms. The third-order valence-electron chi connectivity index (χ3n) is 2.46. The molecule has 1 rings (SSSR count). The Kier molecular flexibility index (Phi) is 3.30. The van der Waals surface area contributed by atoms with Gasteiger partial charge in [-0.25, -0.2) is 0 Å². The fourth-order valence-corrected chi connectivity index (χ4v) is 1.58. The van der Waals surface area contributed by atoms with E-state index in [4.69, 9.17) is 5.11 Å². The largest absolute Gasteiger partial charge is 0.395 e. The van der Waals surface area contributed by atoms with Crippen LogP contribution in [-0.4, -0.2) is 47.0 Å². The number of aliphatic hydroxyl groups is 2. The maximum Gasteiger partial charge on any atom is 0.0696 e. The van der Waals surface area contributed by atoms with Crippen molar-refractivity contribution in [1.82, 2.24) is 4.90 Å². The second kappa shape index (κ2) is 4.04. The van der Waals surface area contributed by atoms with Crippen molar-refractivity contribution in [2.75, 3.05) is 19.7 Å². The van der Waals surface area contributed by atoms with Crippen molar-refractivity contribution in [1.29, 1.82) is 0 Å². The van der Waals surface area contributed by atoms with Gasteiger partial charge in [0.1, 0.15) is 0 Å². The molecule has 1 aliphatic rings. The first-order chi connectivity index (χ1) is 5.29. The number of rotatable bonds is 4. The van der Waals surface area contributed by atoms with E-state index in [9.17, 15) is 5.11 Å². The molecule has 2 N–H and O–H groups in total. The van der Waals surface area contributed by atoms with Gasteiger partial charge in [0.2, 0.25) is 0 Å². The molecule has 0 aromatic rings. The first kappa shape index (κ1) is 8.97. The Labute approximate surface area is 67.6 Å². The van der Waals surface area contributed by atoms with E-state index in [1.54, 1.807) is 0 Å². The highest BCUT2D eigenvalue weighted by Crippen LogP contribution is 2.24. The molecule has 0 aromatic heterocycles. The topological polar surface area (TPSA) is 43.7 Å². The average Bonchev–Trinajstić information content (AvgIpc) is 2.01. The normalized spacial score (nSPS) is 30.5. The molecular weight excluding hydrogens is 142 g/mol. The highest BCUT2D eigenvalue weighted by Gasteiger charge is 2.32. The van der Waals surface area contributed by atoms with Crippen molar-refractivity contribution in [3.8, 4) is 0 Å². The Morgan fingerprint density at radius 2 is 2.18 bits per heavy atom. The van der Waals surface area contributed by atoms with Crippen LogP contribution in [0.4, 0.5) is 0 Å². The quantitative estimate of drug-likeness (QED) is 0.598. The van der Waals surface area contributed by atoms with Crippen molar-refractivity contribution >= 4 is 0 Å². The van der Waals surface area contributed by atoms with Crippen molar-refractivity contribution < 1.29 is 10.2 Å². The molecule has 0 saturated heterocycles. The Morgan fingerprint density at radius 1 is 1.45 bits per heavy atom. The van der Waals surface area contributed by atoms with E-state index in [0.717, 1.165) is 19.4 Å². The van der Waals surface area contributed by atoms with Gasteiger partial charge in [-0.05, 0) is 19.4 Å². The van der Waals surface area contributed by atoms with Crippen LogP contribution >= 0.6 is 0 Å². The monoisotopic (exact) mass is 159 g/mol. The lowest BCUT2D eigenvalue weighted by molar-refractivity contribution is -0.0239. The van der Waals surface area contributed by atoms with Crippen LogP contribution in [0.3, 0.4) is 0 Å². The van der Waals surface area contributed by atoms with E-state index in [-0.39, 0.29) is 12.7 Å². The van der Waals surface area contributed by atoms with Gasteiger partial charge in [-0.2, -0.15) is 0 Å². The summed E-state index contributed by atoms with van der Waals surface area (Å²) < 4.78 is 0. The predicted octanol–water partition coefficient (Wildman–Crippen LogP) is -0.176. The molecular formula is C8H17NO2. The fourth-order valence-electron chi connectivity index (χ4n) is 1.58. The van der Waals surface area contributed by atoms with Crippen LogP contribution in [0.5, 0.6) is 0 Å². The minimum atomic E-state index is -0.151. The minimum Gasteiger partial charge on any atom is -0.395 e. The van der Waals surface area contributed by atoms with E-state index in [1.165, 1.54) is 0 Å². The number of aliphatic hydroxyl groups excluding tert-OH is 2. The zero-order valence-corrected chi connectivity index (χ0v) is 7.03. The average molecular weight is 159 g/mol. The van der Waals surface area contributed by atoms with Gasteiger partial charge in [0.25, 0.3) is 0 Å². The van der Waals surface area contributed by atoms with E-state index in [2.05, 4.69) is 11.8 Å². The Balaban J connectivity index is 2.29. The SMILES string of the molecule is CCN(CCO)[C@@H]1CC[C@H]1O. The lowest BCUT2D eigenvalue weighted by Crippen LogP contribution is -2.51. The maximum atomic E-state index is 9.31. The lowest BCUT2D eigenvalue weighted by atomic mass is 9.88. The molecule has 0 bridgehead atoms. The van der Waals surface area contributed by atoms with Crippen LogP contribution in [0.25, 0.3) is 0 Å². The first-order valence-corrected chi connectivity index (χ1v) is 4.32. The summed E-state index contributed by atoms with van der Waals surface area (Å²) in [6.07, 6.45) is 1.85. The van der Waals surface area contributed by atoms with E-state index in [1.807, 2.05) is 0 Å². The highest BCUT2D eigenvalue weighted by atomic mass is 16.3. The highest BCUT2D eigenvalue weighted by molar-refractivity contribution is 4.88. The summed E-state index contributed by atoms with van der Waals surface area (Å²) in [5.74, 6) is 0. The summed E-state index contributed by atoms with van der Waals surface area (Å²) in [5, 5.41) is 18.0. The van der Waals surface area contributed by atoms with Crippen LogP contribution in [-0.2, 0) is 0 Å². The third kappa shape index (κ3) is 1.92. The Morgan fingerprint density at radius 3 is 2.45 bits per heavy atom. The van der Waals surface area contributed by atoms with Crippen molar-refractivity contribution in [2.45, 2.75) is 31.9 Å². The molecule has 3 heteroatoms. The molecule has 0 radical (unpaired) electrons. The molecule has 1 saturated carbocycles. The molecule has 66 valence electrons. The zero-order valence-electron chi connectivity index (χ0n) is 7.03. The summed E-state index contributed by atoms with van der Waals surface area (Å²) in [4.78, 5) is 2.13. The summed E-state index contributed by atoms with van der Waals surface area (Å²) in [5.41, 5.74) is 0. The summed E-state index contributed by atoms with van der Waals surface area (Å²) in [6.45, 7) is 3.86. The molecule has 3 nitrogen and oxygen atoms in total. The van der Waals surface area contributed by atoms with Gasteiger partial charge in [-0.15, -0.1) is 0 Å². The molecule has 0 unspecified atom stereocenters. The predicted molar refractivity (Wildman–Crippen MR) is 43.4 cm³/mol. The standard InChI is InChI=1S/C8H17NO2/c1-2-9(5-6-10)7-3-4-8(7)11/h7-8,10-11H,2-6H2,1H3/t7-,8-/m1/s1. The molecule has 0 aliphatic heterocycles. The summed E-state index contributed by atoms with van der Waals surface area (Å²) in [6, 6.07) is 0.312. The molecule has 0 aromatic carbocycles. The van der Waals surface area contributed by atoms with E-state index in [0.29, 0.717) is 12.6 Å². The Hall–Kier alpha value is -0.120. The number of likely N-dealkylation sites (N-methyl/N-ethyl adjacent to an activating group) is 1. The van der Waals surface area contributed by atoms with Gasteiger partial charge in [0.15, 0.2) is 0 Å². The molecule has 11 heavy (non-hydrogen) atoms. The summed E-state index contributed by atoms with van der Waals surface area (Å²) >= 11 is 0. The maximum absolute atomic E-state index is 9.31. The van der Waals surface area contributed by atoms with Gasteiger partial charge in [0.05, 0.1) is 12.7 Å². The van der Waals surface area contributed by atoms with E-state index >= 15 is 0 Å². The van der Waals surface area contributed by atoms with Crippen molar-refractivity contribution in [3.63, 3.8) is 0 Å². The van der Waals surface area contributed by atoms with Crippen LogP contribution in [0, 0.1) is 0 Å². The third-order valence-corrected chi connectivity index (χ3v) is 2.46. The smallest absolute Gasteiger partial charge is 0.0696 e. The fraction of sp³-hybridized carbons (Fsp3) is 1.00. The van der Waals surface area contributed by atoms with Crippen LogP contribution in [0.1, 0.15) is 19.8 Å². The van der Waals surface area contributed by atoms with E-state index < -0.39 is 0 Å². The summed E-state index contributed by atoms with van der Waals surface area (Å²) in [7, 11) is 0. The number of hydrogen-bond donors (Lipinski definition) is 2. The second-order valence-electron chi connectivity index (χ2n) is 3.06. The minimum absolute atomic E-state index is 0.151. The number of nitrogens with zero attached hydrogens (tertiary/aromatic N) is 1. The van der Waals surface area contributed by atoms with Gasteiger partial charge in [0, 0.05) is 12.6 Å². The van der Waals surface area contributed by atoms with Crippen LogP contribution < -0.4 is 0 Å². The zero-order chi connectivity index (χ0) is 8.27. The van der Waals surface area contributed by atoms with Gasteiger partial charge in [-0.3, -0.25) is 4.90 Å². The first-order valence-electron chi connectivity index (χ1n) is 4.32. The van der Waals surface area contributed by atoms with Crippen molar-refractivity contribution in [3.05, 3.63) is 0 Å². The van der Waals surface area contributed by atoms with Gasteiger partial charge in [-0.1, -0.05) is 6.92 Å². The van der Waals surface area contributed by atoms with Gasteiger partial charge >= 0.3 is 0 Å². The molecule has 0 amide bonds. The van der Waals surface area contributed by atoms with Crippen LogP contribution in [0.15, 0.2) is 0 Å². The molecule has 1 aliphatic carbocycles. The molecule has 2 atom stereocenters. The lowest BCUT2D eigenvalue weighted by Gasteiger charge is -2.40. The molecule has 0 heterocycles. The number of hydrogen-bond acceptors (Lipinski definition) is 3. The van der Waals surface area contributed by atoms with Crippen LogP contribution in [0.2, 0.25) is 0 Å². The van der Waals surface area contributed by atoms with Gasteiger partial charge < -0.3 is 10.2 Å².